The monoisotopic (exact) mass is 435 g/mol. The fraction of sp³-hybridized carbons (Fsp3) is 0.269. The second-order valence-corrected chi connectivity index (χ2v) is 8.02. The van der Waals surface area contributed by atoms with Crippen LogP contribution in [0.5, 0.6) is 0 Å². The minimum atomic E-state index is -1.37. The van der Waals surface area contributed by atoms with Crippen LogP contribution in [0, 0.1) is 12.7 Å². The molecule has 5 nitrogen and oxygen atoms in total. The largest absolute Gasteiger partial charge is 0.449 e. The first-order valence-electron chi connectivity index (χ1n) is 10.7. The lowest BCUT2D eigenvalue weighted by molar-refractivity contribution is 0.0112. The molecule has 4 rings (SSSR count). The number of benzene rings is 3. The van der Waals surface area contributed by atoms with Gasteiger partial charge in [-0.3, -0.25) is 0 Å². The van der Waals surface area contributed by atoms with E-state index in [9.17, 15) is 19.4 Å². The summed E-state index contributed by atoms with van der Waals surface area (Å²) >= 11 is 0. The van der Waals surface area contributed by atoms with Crippen molar-refractivity contribution < 1.29 is 24.1 Å². The topological polar surface area (TPSA) is 78.8 Å². The lowest BCUT2D eigenvalue weighted by Gasteiger charge is -2.20. The van der Waals surface area contributed by atoms with Gasteiger partial charge in [0, 0.05) is 18.0 Å². The van der Waals surface area contributed by atoms with Crippen LogP contribution in [0.15, 0.2) is 66.7 Å². The maximum absolute atomic E-state index is 14.0. The Kier molecular flexibility index (Phi) is 6.53. The zero-order valence-electron chi connectivity index (χ0n) is 17.8. The average Bonchev–Trinajstić information content (AvgIpc) is 3.11. The quantitative estimate of drug-likeness (QED) is 0.512. The fourth-order valence-electron chi connectivity index (χ4n) is 4.34. The first-order valence-corrected chi connectivity index (χ1v) is 10.7. The highest BCUT2D eigenvalue weighted by atomic mass is 19.1. The zero-order chi connectivity index (χ0) is 22.7. The molecule has 0 fully saturated rings. The molecule has 2 atom stereocenters. The van der Waals surface area contributed by atoms with Gasteiger partial charge in [-0.1, -0.05) is 60.7 Å². The molecule has 0 spiro atoms. The summed E-state index contributed by atoms with van der Waals surface area (Å²) in [6.07, 6.45) is -3.14. The molecule has 1 aliphatic rings. The molecule has 3 aromatic carbocycles. The minimum Gasteiger partial charge on any atom is -0.449 e. The van der Waals surface area contributed by atoms with Crippen molar-refractivity contribution >= 4 is 6.09 Å². The number of aryl methyl sites for hydroxylation is 1. The highest BCUT2D eigenvalue weighted by Gasteiger charge is 2.29. The summed E-state index contributed by atoms with van der Waals surface area (Å²) in [6, 6.07) is 20.6. The number of ether oxygens (including phenoxy) is 1. The molecule has 0 saturated heterocycles. The number of aliphatic hydroxyl groups is 2. The lowest BCUT2D eigenvalue weighted by Crippen LogP contribution is -2.31. The number of hydrogen-bond acceptors (Lipinski definition) is 4. The van der Waals surface area contributed by atoms with E-state index in [0.29, 0.717) is 5.56 Å². The van der Waals surface area contributed by atoms with Crippen molar-refractivity contribution in [3.8, 4) is 11.1 Å². The predicted octanol–water partition coefficient (Wildman–Crippen LogP) is 4.46. The molecule has 166 valence electrons. The van der Waals surface area contributed by atoms with E-state index in [1.807, 2.05) is 36.4 Å². The van der Waals surface area contributed by atoms with Gasteiger partial charge in [-0.2, -0.15) is 0 Å². The number of nitrogens with one attached hydrogen (secondary N) is 1. The number of carbonyl (C=O) groups is 1. The van der Waals surface area contributed by atoms with Crippen molar-refractivity contribution in [1.82, 2.24) is 5.32 Å². The number of hydrogen-bond donors (Lipinski definition) is 3. The molecule has 0 heterocycles. The molecular weight excluding hydrogens is 409 g/mol. The molecule has 32 heavy (non-hydrogen) atoms. The van der Waals surface area contributed by atoms with Gasteiger partial charge in [0.05, 0.1) is 6.10 Å². The van der Waals surface area contributed by atoms with Crippen molar-refractivity contribution in [3.63, 3.8) is 0 Å². The number of amides is 1. The smallest absolute Gasteiger partial charge is 0.407 e. The molecule has 1 aliphatic carbocycles. The number of aliphatic hydroxyl groups excluding tert-OH is 2. The van der Waals surface area contributed by atoms with E-state index in [-0.39, 0.29) is 31.1 Å². The van der Waals surface area contributed by atoms with Gasteiger partial charge in [0.1, 0.15) is 18.5 Å². The van der Waals surface area contributed by atoms with E-state index in [2.05, 4.69) is 17.4 Å². The molecule has 6 heteroatoms. The predicted molar refractivity (Wildman–Crippen MR) is 120 cm³/mol. The maximum Gasteiger partial charge on any atom is 0.407 e. The van der Waals surface area contributed by atoms with Crippen LogP contribution >= 0.6 is 0 Å². The van der Waals surface area contributed by atoms with Gasteiger partial charge >= 0.3 is 6.09 Å². The summed E-state index contributed by atoms with van der Waals surface area (Å²) in [7, 11) is 0. The maximum atomic E-state index is 14.0. The van der Waals surface area contributed by atoms with E-state index in [4.69, 9.17) is 4.74 Å². The normalized spacial score (nSPS) is 14.4. The number of alkyl carbamates (subject to hydrolysis) is 1. The number of carbonyl (C=O) groups excluding carboxylic acids is 1. The molecule has 1 amide bonds. The number of fused-ring (bicyclic) bond motifs is 3. The second kappa shape index (κ2) is 9.51. The van der Waals surface area contributed by atoms with Crippen LogP contribution in [0.25, 0.3) is 11.1 Å². The lowest BCUT2D eigenvalue weighted by atomic mass is 9.97. The van der Waals surface area contributed by atoms with Crippen LogP contribution in [0.4, 0.5) is 9.18 Å². The van der Waals surface area contributed by atoms with Gasteiger partial charge in [0.15, 0.2) is 0 Å². The van der Waals surface area contributed by atoms with E-state index in [0.717, 1.165) is 22.3 Å². The van der Waals surface area contributed by atoms with Crippen molar-refractivity contribution in [3.05, 3.63) is 94.8 Å². The molecular formula is C26H26FNO4. The van der Waals surface area contributed by atoms with Gasteiger partial charge in [-0.25, -0.2) is 9.18 Å². The molecule has 0 saturated carbocycles. The standard InChI is InChI=1S/C26H26FNO4/c1-16-7-6-12-22(27)24(16)25(30)23(29)13-14-28-26(31)32-15-21-19-10-4-2-8-17(19)18-9-3-5-11-20(18)21/h2-12,21,23,25,29-30H,13-15H2,1H3,(H,28,31). The Balaban J connectivity index is 1.30. The van der Waals surface area contributed by atoms with Crippen molar-refractivity contribution in [1.29, 1.82) is 0 Å². The van der Waals surface area contributed by atoms with Gasteiger partial charge in [0.25, 0.3) is 0 Å². The summed E-state index contributed by atoms with van der Waals surface area (Å²) in [4.78, 5) is 12.2. The highest BCUT2D eigenvalue weighted by Crippen LogP contribution is 2.44. The van der Waals surface area contributed by atoms with E-state index < -0.39 is 24.1 Å². The van der Waals surface area contributed by atoms with E-state index in [1.54, 1.807) is 19.1 Å². The van der Waals surface area contributed by atoms with Crippen LogP contribution in [0.2, 0.25) is 0 Å². The van der Waals surface area contributed by atoms with Gasteiger partial charge in [-0.15, -0.1) is 0 Å². The Bertz CT molecular complexity index is 1050. The van der Waals surface area contributed by atoms with Crippen LogP contribution in [-0.4, -0.2) is 35.6 Å². The molecule has 2 unspecified atom stereocenters. The molecule has 0 radical (unpaired) electrons. The SMILES string of the molecule is Cc1cccc(F)c1C(O)C(O)CCNC(=O)OCC1c2ccccc2-c2ccccc21. The zero-order valence-corrected chi connectivity index (χ0v) is 17.8. The molecule has 0 aromatic heterocycles. The first-order chi connectivity index (χ1) is 15.5. The third-order valence-electron chi connectivity index (χ3n) is 5.98. The Morgan fingerprint density at radius 3 is 2.25 bits per heavy atom. The second-order valence-electron chi connectivity index (χ2n) is 8.02. The summed E-state index contributed by atoms with van der Waals surface area (Å²) in [5.41, 5.74) is 5.18. The van der Waals surface area contributed by atoms with Gasteiger partial charge in [0.2, 0.25) is 0 Å². The molecule has 0 bridgehead atoms. The number of halogens is 1. The summed E-state index contributed by atoms with van der Waals surface area (Å²) < 4.78 is 19.5. The van der Waals surface area contributed by atoms with Crippen molar-refractivity contribution in [2.75, 3.05) is 13.2 Å². The third-order valence-corrected chi connectivity index (χ3v) is 5.98. The Morgan fingerprint density at radius 1 is 1.00 bits per heavy atom. The van der Waals surface area contributed by atoms with Crippen LogP contribution < -0.4 is 5.32 Å². The van der Waals surface area contributed by atoms with Crippen LogP contribution in [0.3, 0.4) is 0 Å². The summed E-state index contributed by atoms with van der Waals surface area (Å²) in [5, 5.41) is 23.2. The summed E-state index contributed by atoms with van der Waals surface area (Å²) in [6.45, 7) is 1.95. The minimum absolute atomic E-state index is 0.0374. The molecule has 3 N–H and O–H groups in total. The fourth-order valence-corrected chi connectivity index (χ4v) is 4.34. The van der Waals surface area contributed by atoms with E-state index >= 15 is 0 Å². The Morgan fingerprint density at radius 2 is 1.62 bits per heavy atom. The number of rotatable bonds is 7. The third kappa shape index (κ3) is 4.38. The van der Waals surface area contributed by atoms with E-state index in [1.165, 1.54) is 6.07 Å². The van der Waals surface area contributed by atoms with Crippen molar-refractivity contribution in [2.45, 2.75) is 31.5 Å². The van der Waals surface area contributed by atoms with Gasteiger partial charge in [-0.05, 0) is 47.2 Å². The molecule has 3 aromatic rings. The van der Waals surface area contributed by atoms with Crippen LogP contribution in [0.1, 0.15) is 40.7 Å². The van der Waals surface area contributed by atoms with Crippen LogP contribution in [-0.2, 0) is 4.74 Å². The van der Waals surface area contributed by atoms with Crippen molar-refractivity contribution in [2.24, 2.45) is 0 Å². The Labute approximate surface area is 186 Å². The summed E-state index contributed by atoms with van der Waals surface area (Å²) in [5.74, 6) is -0.606. The molecule has 0 aliphatic heterocycles. The average molecular weight is 435 g/mol. The highest BCUT2D eigenvalue weighted by molar-refractivity contribution is 5.79. The van der Waals surface area contributed by atoms with Gasteiger partial charge < -0.3 is 20.3 Å². The Hall–Kier alpha value is -3.22. The first kappa shape index (κ1) is 22.0.